The lowest BCUT2D eigenvalue weighted by Gasteiger charge is -2.20. The normalized spacial score (nSPS) is 18.0. The lowest BCUT2D eigenvalue weighted by Crippen LogP contribution is -2.25. The maximum Gasteiger partial charge on any atom is 0.0358 e. The van der Waals surface area contributed by atoms with Crippen LogP contribution in [0.15, 0.2) is 18.5 Å². The summed E-state index contributed by atoms with van der Waals surface area (Å²) in [6.07, 6.45) is 8.63. The summed E-state index contributed by atoms with van der Waals surface area (Å²) < 4.78 is 2.36. The standard InChI is InChI=1S/C17H31N3/c1-4-18-17(15(2)3)16-8-13-20(14-16)12-7-11-19-9-5-6-10-19/h8,13-15,17-18H,4-7,9-12H2,1-3H3. The lowest BCUT2D eigenvalue weighted by molar-refractivity contribution is 0.325. The summed E-state index contributed by atoms with van der Waals surface area (Å²) in [5, 5.41) is 3.59. The molecule has 1 saturated heterocycles. The fraction of sp³-hybridized carbons (Fsp3) is 0.765. The minimum atomic E-state index is 0.486. The molecular formula is C17H31N3. The molecule has 0 radical (unpaired) electrons. The quantitative estimate of drug-likeness (QED) is 0.787. The predicted molar refractivity (Wildman–Crippen MR) is 86.0 cm³/mol. The number of likely N-dealkylation sites (tertiary alicyclic amines) is 1. The van der Waals surface area contributed by atoms with E-state index in [1.807, 2.05) is 0 Å². The van der Waals surface area contributed by atoms with E-state index in [0.29, 0.717) is 12.0 Å². The fourth-order valence-electron chi connectivity index (χ4n) is 3.22. The Morgan fingerprint density at radius 1 is 1.20 bits per heavy atom. The van der Waals surface area contributed by atoms with E-state index in [9.17, 15) is 0 Å². The molecule has 3 nitrogen and oxygen atoms in total. The Bertz CT molecular complexity index is 377. The number of aromatic nitrogens is 1. The first kappa shape index (κ1) is 15.6. The predicted octanol–water partition coefficient (Wildman–Crippen LogP) is 3.28. The van der Waals surface area contributed by atoms with E-state index >= 15 is 0 Å². The Morgan fingerprint density at radius 3 is 2.60 bits per heavy atom. The van der Waals surface area contributed by atoms with E-state index < -0.39 is 0 Å². The molecule has 0 aliphatic carbocycles. The van der Waals surface area contributed by atoms with Gasteiger partial charge in [0.05, 0.1) is 0 Å². The molecule has 2 rings (SSSR count). The minimum Gasteiger partial charge on any atom is -0.354 e. The van der Waals surface area contributed by atoms with Crippen LogP contribution in [0.5, 0.6) is 0 Å². The van der Waals surface area contributed by atoms with E-state index in [0.717, 1.165) is 13.1 Å². The van der Waals surface area contributed by atoms with Crippen molar-refractivity contribution in [1.29, 1.82) is 0 Å². The van der Waals surface area contributed by atoms with Gasteiger partial charge in [0.1, 0.15) is 0 Å². The second kappa shape index (κ2) is 7.84. The molecule has 1 unspecified atom stereocenters. The maximum absolute atomic E-state index is 3.59. The van der Waals surface area contributed by atoms with Crippen molar-refractivity contribution in [3.8, 4) is 0 Å². The summed E-state index contributed by atoms with van der Waals surface area (Å²) >= 11 is 0. The number of aryl methyl sites for hydroxylation is 1. The molecule has 0 saturated carbocycles. The zero-order valence-corrected chi connectivity index (χ0v) is 13.4. The zero-order valence-electron chi connectivity index (χ0n) is 13.4. The van der Waals surface area contributed by atoms with E-state index in [-0.39, 0.29) is 0 Å². The second-order valence-electron chi connectivity index (χ2n) is 6.36. The Hall–Kier alpha value is -0.800. The van der Waals surface area contributed by atoms with Gasteiger partial charge in [-0.05, 0) is 63.0 Å². The third-order valence-corrected chi connectivity index (χ3v) is 4.31. The fourth-order valence-corrected chi connectivity index (χ4v) is 3.22. The third kappa shape index (κ3) is 4.35. The van der Waals surface area contributed by atoms with Gasteiger partial charge in [0.15, 0.2) is 0 Å². The van der Waals surface area contributed by atoms with Crippen molar-refractivity contribution in [3.05, 3.63) is 24.0 Å². The van der Waals surface area contributed by atoms with Gasteiger partial charge < -0.3 is 14.8 Å². The number of nitrogens with zero attached hydrogens (tertiary/aromatic N) is 2. The second-order valence-corrected chi connectivity index (χ2v) is 6.36. The number of rotatable bonds is 8. The van der Waals surface area contributed by atoms with Gasteiger partial charge in [0.25, 0.3) is 0 Å². The lowest BCUT2D eigenvalue weighted by atomic mass is 9.98. The molecule has 2 heterocycles. The maximum atomic E-state index is 3.59. The van der Waals surface area contributed by atoms with Crippen molar-refractivity contribution in [3.63, 3.8) is 0 Å². The molecule has 1 aromatic rings. The molecule has 0 spiro atoms. The molecule has 1 atom stereocenters. The van der Waals surface area contributed by atoms with E-state index in [1.165, 1.54) is 44.5 Å². The van der Waals surface area contributed by atoms with Crippen LogP contribution in [-0.4, -0.2) is 35.6 Å². The van der Waals surface area contributed by atoms with Gasteiger partial charge in [-0.25, -0.2) is 0 Å². The highest BCUT2D eigenvalue weighted by Crippen LogP contribution is 2.22. The van der Waals surface area contributed by atoms with Crippen molar-refractivity contribution in [2.45, 2.75) is 52.6 Å². The molecule has 0 aromatic carbocycles. The first-order chi connectivity index (χ1) is 9.70. The highest BCUT2D eigenvalue weighted by Gasteiger charge is 2.15. The van der Waals surface area contributed by atoms with Gasteiger partial charge in [0, 0.05) is 25.0 Å². The van der Waals surface area contributed by atoms with Crippen LogP contribution in [0.2, 0.25) is 0 Å². The highest BCUT2D eigenvalue weighted by molar-refractivity contribution is 5.16. The number of nitrogens with one attached hydrogen (secondary N) is 1. The van der Waals surface area contributed by atoms with E-state index in [1.54, 1.807) is 0 Å². The summed E-state index contributed by atoms with van der Waals surface area (Å²) in [4.78, 5) is 2.60. The van der Waals surface area contributed by atoms with E-state index in [4.69, 9.17) is 0 Å². The first-order valence-corrected chi connectivity index (χ1v) is 8.32. The van der Waals surface area contributed by atoms with E-state index in [2.05, 4.69) is 54.0 Å². The highest BCUT2D eigenvalue weighted by atomic mass is 15.1. The average Bonchev–Trinajstić information content (AvgIpc) is 3.07. The molecule has 114 valence electrons. The SMILES string of the molecule is CCNC(c1ccn(CCCN2CCCC2)c1)C(C)C. The molecule has 0 bridgehead atoms. The largest absolute Gasteiger partial charge is 0.354 e. The van der Waals surface area contributed by atoms with Gasteiger partial charge >= 0.3 is 0 Å². The Balaban J connectivity index is 1.81. The Morgan fingerprint density at radius 2 is 1.95 bits per heavy atom. The summed E-state index contributed by atoms with van der Waals surface area (Å²) in [5.74, 6) is 0.635. The van der Waals surface area contributed by atoms with Gasteiger partial charge in [0.2, 0.25) is 0 Å². The number of hydrogen-bond donors (Lipinski definition) is 1. The minimum absolute atomic E-state index is 0.486. The monoisotopic (exact) mass is 277 g/mol. The van der Waals surface area contributed by atoms with Gasteiger partial charge in [-0.3, -0.25) is 0 Å². The molecule has 20 heavy (non-hydrogen) atoms. The van der Waals surface area contributed by atoms with Crippen molar-refractivity contribution in [2.75, 3.05) is 26.2 Å². The van der Waals surface area contributed by atoms with Crippen LogP contribution in [0.25, 0.3) is 0 Å². The Labute approximate surface area is 124 Å². The van der Waals surface area contributed by atoms with Crippen LogP contribution in [-0.2, 0) is 6.54 Å². The third-order valence-electron chi connectivity index (χ3n) is 4.31. The van der Waals surface area contributed by atoms with Crippen LogP contribution >= 0.6 is 0 Å². The van der Waals surface area contributed by atoms with Gasteiger partial charge in [-0.15, -0.1) is 0 Å². The van der Waals surface area contributed by atoms with Crippen LogP contribution in [0, 0.1) is 5.92 Å². The molecule has 1 aliphatic rings. The van der Waals surface area contributed by atoms with Crippen LogP contribution in [0.4, 0.5) is 0 Å². The molecule has 1 aromatic heterocycles. The molecule has 1 aliphatic heterocycles. The molecule has 1 N–H and O–H groups in total. The Kier molecular flexibility index (Phi) is 6.11. The summed E-state index contributed by atoms with van der Waals surface area (Å²) in [7, 11) is 0. The van der Waals surface area contributed by atoms with Crippen LogP contribution in [0.1, 0.15) is 51.6 Å². The molecule has 3 heteroatoms. The molecule has 0 amide bonds. The summed E-state index contributed by atoms with van der Waals surface area (Å²) in [5.41, 5.74) is 1.43. The van der Waals surface area contributed by atoms with Crippen molar-refractivity contribution >= 4 is 0 Å². The molecular weight excluding hydrogens is 246 g/mol. The number of hydrogen-bond acceptors (Lipinski definition) is 2. The van der Waals surface area contributed by atoms with Gasteiger partial charge in [-0.1, -0.05) is 20.8 Å². The average molecular weight is 277 g/mol. The summed E-state index contributed by atoms with van der Waals surface area (Å²) in [6, 6.07) is 2.77. The smallest absolute Gasteiger partial charge is 0.0358 e. The topological polar surface area (TPSA) is 20.2 Å². The van der Waals surface area contributed by atoms with Gasteiger partial charge in [-0.2, -0.15) is 0 Å². The zero-order chi connectivity index (χ0) is 14.4. The first-order valence-electron chi connectivity index (χ1n) is 8.32. The molecule has 1 fully saturated rings. The van der Waals surface area contributed by atoms with Crippen LogP contribution < -0.4 is 5.32 Å². The van der Waals surface area contributed by atoms with Crippen molar-refractivity contribution in [2.24, 2.45) is 5.92 Å². The summed E-state index contributed by atoms with van der Waals surface area (Å²) in [6.45, 7) is 12.8. The van der Waals surface area contributed by atoms with Crippen molar-refractivity contribution < 1.29 is 0 Å². The van der Waals surface area contributed by atoms with Crippen molar-refractivity contribution in [1.82, 2.24) is 14.8 Å². The van der Waals surface area contributed by atoms with Crippen LogP contribution in [0.3, 0.4) is 0 Å².